The van der Waals surface area contributed by atoms with E-state index in [9.17, 15) is 0 Å². The highest BCUT2D eigenvalue weighted by Crippen LogP contribution is 2.41. The second-order valence-corrected chi connectivity index (χ2v) is 7.20. The number of hydrogen-bond acceptors (Lipinski definition) is 2. The lowest BCUT2D eigenvalue weighted by atomic mass is 9.69. The maximum Gasteiger partial charge on any atom is 0.0337 e. The van der Waals surface area contributed by atoms with E-state index in [2.05, 4.69) is 25.7 Å². The van der Waals surface area contributed by atoms with Crippen LogP contribution in [-0.2, 0) is 0 Å². The third-order valence-corrected chi connectivity index (χ3v) is 6.08. The number of nitrogens with two attached hydrogens (primary N) is 1. The Bertz CT molecular complexity index is 272. The van der Waals surface area contributed by atoms with E-state index in [1.807, 2.05) is 0 Å². The highest BCUT2D eigenvalue weighted by Gasteiger charge is 2.43. The molecule has 2 nitrogen and oxygen atoms in total. The molecule has 0 radical (unpaired) electrons. The maximum atomic E-state index is 6.29. The first-order valence-corrected chi connectivity index (χ1v) is 8.60. The lowest BCUT2D eigenvalue weighted by Gasteiger charge is -2.53. The normalized spacial score (nSPS) is 37.7. The topological polar surface area (TPSA) is 29.3 Å². The fourth-order valence-electron chi connectivity index (χ4n) is 4.62. The van der Waals surface area contributed by atoms with Gasteiger partial charge in [0, 0.05) is 18.1 Å². The molecule has 0 heterocycles. The summed E-state index contributed by atoms with van der Waals surface area (Å²) in [5.74, 6) is 1.71. The van der Waals surface area contributed by atoms with Gasteiger partial charge >= 0.3 is 0 Å². The minimum absolute atomic E-state index is 0.308. The van der Waals surface area contributed by atoms with Gasteiger partial charge in [-0.2, -0.15) is 0 Å². The minimum atomic E-state index is 0.308. The summed E-state index contributed by atoms with van der Waals surface area (Å²) in [6.45, 7) is 9.23. The van der Waals surface area contributed by atoms with E-state index < -0.39 is 0 Å². The Kier molecular flexibility index (Phi) is 5.30. The molecule has 112 valence electrons. The van der Waals surface area contributed by atoms with Crippen LogP contribution in [0, 0.1) is 11.8 Å². The highest BCUT2D eigenvalue weighted by molar-refractivity contribution is 4.99. The van der Waals surface area contributed by atoms with Gasteiger partial charge in [0.2, 0.25) is 0 Å². The van der Waals surface area contributed by atoms with Crippen LogP contribution >= 0.6 is 0 Å². The molecule has 3 unspecified atom stereocenters. The molecule has 3 atom stereocenters. The molecule has 0 aromatic heterocycles. The Balaban J connectivity index is 2.12. The van der Waals surface area contributed by atoms with Gasteiger partial charge < -0.3 is 5.73 Å². The maximum absolute atomic E-state index is 6.29. The van der Waals surface area contributed by atoms with Gasteiger partial charge in [-0.25, -0.2) is 0 Å². The predicted molar refractivity (Wildman–Crippen MR) is 83.2 cm³/mol. The number of likely N-dealkylation sites (N-methyl/N-ethyl adjacent to an activating group) is 1. The van der Waals surface area contributed by atoms with Crippen molar-refractivity contribution in [1.82, 2.24) is 4.90 Å². The standard InChI is InChI=1S/C17H34N2/c1-4-19(16-8-6-5-7-9-16)17(13-18)11-10-14(2)15(3)12-17/h14-16H,4-13,18H2,1-3H3. The van der Waals surface area contributed by atoms with Gasteiger partial charge in [-0.1, -0.05) is 40.0 Å². The van der Waals surface area contributed by atoms with Crippen molar-refractivity contribution in [2.45, 2.75) is 83.7 Å². The van der Waals surface area contributed by atoms with E-state index in [1.54, 1.807) is 0 Å². The summed E-state index contributed by atoms with van der Waals surface area (Å²) in [6.07, 6.45) is 11.1. The van der Waals surface area contributed by atoms with Gasteiger partial charge in [0.05, 0.1) is 0 Å². The molecule has 2 aliphatic carbocycles. The molecule has 19 heavy (non-hydrogen) atoms. The molecule has 2 N–H and O–H groups in total. The molecule has 0 saturated heterocycles. The molecule has 0 aromatic carbocycles. The molecule has 2 heteroatoms. The fraction of sp³-hybridized carbons (Fsp3) is 1.00. The van der Waals surface area contributed by atoms with E-state index in [0.717, 1.165) is 24.4 Å². The lowest BCUT2D eigenvalue weighted by molar-refractivity contribution is -0.0161. The summed E-state index contributed by atoms with van der Waals surface area (Å²) in [5, 5.41) is 0. The summed E-state index contributed by atoms with van der Waals surface area (Å²) >= 11 is 0. The Labute approximate surface area is 120 Å². The fourth-order valence-corrected chi connectivity index (χ4v) is 4.62. The van der Waals surface area contributed by atoms with Crippen molar-refractivity contribution in [1.29, 1.82) is 0 Å². The molecular formula is C17H34N2. The van der Waals surface area contributed by atoms with Crippen molar-refractivity contribution >= 4 is 0 Å². The minimum Gasteiger partial charge on any atom is -0.329 e. The van der Waals surface area contributed by atoms with E-state index >= 15 is 0 Å². The molecule has 2 saturated carbocycles. The summed E-state index contributed by atoms with van der Waals surface area (Å²) in [7, 11) is 0. The number of nitrogens with zero attached hydrogens (tertiary/aromatic N) is 1. The lowest BCUT2D eigenvalue weighted by Crippen LogP contribution is -2.60. The first-order chi connectivity index (χ1) is 9.13. The Morgan fingerprint density at radius 1 is 1.05 bits per heavy atom. The van der Waals surface area contributed by atoms with Gasteiger partial charge in [0.1, 0.15) is 0 Å². The largest absolute Gasteiger partial charge is 0.329 e. The second-order valence-electron chi connectivity index (χ2n) is 7.20. The first-order valence-electron chi connectivity index (χ1n) is 8.60. The van der Waals surface area contributed by atoms with Crippen LogP contribution in [0.25, 0.3) is 0 Å². The highest BCUT2D eigenvalue weighted by atomic mass is 15.2. The van der Waals surface area contributed by atoms with Crippen molar-refractivity contribution in [3.05, 3.63) is 0 Å². The molecule has 0 amide bonds. The molecule has 0 spiro atoms. The van der Waals surface area contributed by atoms with Gasteiger partial charge in [0.25, 0.3) is 0 Å². The van der Waals surface area contributed by atoms with Crippen LogP contribution in [0.5, 0.6) is 0 Å². The van der Waals surface area contributed by atoms with Gasteiger partial charge in [-0.05, 0) is 50.5 Å². The van der Waals surface area contributed by atoms with Gasteiger partial charge in [0.15, 0.2) is 0 Å². The molecule has 0 aliphatic heterocycles. The van der Waals surface area contributed by atoms with Crippen LogP contribution in [0.2, 0.25) is 0 Å². The van der Waals surface area contributed by atoms with Crippen LogP contribution in [-0.4, -0.2) is 29.6 Å². The van der Waals surface area contributed by atoms with Crippen molar-refractivity contribution in [3.63, 3.8) is 0 Å². The predicted octanol–water partition coefficient (Wildman–Crippen LogP) is 3.79. The van der Waals surface area contributed by atoms with Gasteiger partial charge in [-0.3, -0.25) is 4.90 Å². The van der Waals surface area contributed by atoms with Crippen LogP contribution in [0.15, 0.2) is 0 Å². The Morgan fingerprint density at radius 2 is 1.74 bits per heavy atom. The van der Waals surface area contributed by atoms with E-state index in [4.69, 9.17) is 5.73 Å². The quantitative estimate of drug-likeness (QED) is 0.838. The van der Waals surface area contributed by atoms with Crippen molar-refractivity contribution in [3.8, 4) is 0 Å². The number of rotatable bonds is 4. The van der Waals surface area contributed by atoms with Crippen LogP contribution in [0.1, 0.15) is 72.1 Å². The smallest absolute Gasteiger partial charge is 0.0337 e. The second kappa shape index (κ2) is 6.58. The molecular weight excluding hydrogens is 232 g/mol. The Morgan fingerprint density at radius 3 is 2.26 bits per heavy atom. The molecule has 2 rings (SSSR count). The molecule has 2 fully saturated rings. The van der Waals surface area contributed by atoms with Crippen molar-refractivity contribution < 1.29 is 0 Å². The SMILES string of the molecule is CCN(C1CCCCC1)C1(CN)CCC(C)C(C)C1. The third-order valence-electron chi connectivity index (χ3n) is 6.08. The van der Waals surface area contributed by atoms with Gasteiger partial charge in [-0.15, -0.1) is 0 Å². The average molecular weight is 266 g/mol. The van der Waals surface area contributed by atoms with Crippen molar-refractivity contribution in [2.75, 3.05) is 13.1 Å². The monoisotopic (exact) mass is 266 g/mol. The van der Waals surface area contributed by atoms with E-state index in [-0.39, 0.29) is 0 Å². The zero-order valence-corrected chi connectivity index (χ0v) is 13.3. The third kappa shape index (κ3) is 3.16. The van der Waals surface area contributed by atoms with E-state index in [0.29, 0.717) is 5.54 Å². The molecule has 0 bridgehead atoms. The van der Waals surface area contributed by atoms with Crippen LogP contribution in [0.3, 0.4) is 0 Å². The Hall–Kier alpha value is -0.0800. The average Bonchev–Trinajstić information content (AvgIpc) is 2.45. The van der Waals surface area contributed by atoms with Crippen LogP contribution < -0.4 is 5.73 Å². The zero-order valence-electron chi connectivity index (χ0n) is 13.3. The van der Waals surface area contributed by atoms with E-state index in [1.165, 1.54) is 57.9 Å². The zero-order chi connectivity index (χ0) is 13.9. The van der Waals surface area contributed by atoms with Crippen molar-refractivity contribution in [2.24, 2.45) is 17.6 Å². The summed E-state index contributed by atoms with van der Waals surface area (Å²) in [5.41, 5.74) is 6.60. The molecule has 2 aliphatic rings. The first kappa shape index (κ1) is 15.3. The summed E-state index contributed by atoms with van der Waals surface area (Å²) in [6, 6.07) is 0.808. The number of hydrogen-bond donors (Lipinski definition) is 1. The summed E-state index contributed by atoms with van der Waals surface area (Å²) in [4.78, 5) is 2.81. The molecule has 0 aromatic rings. The summed E-state index contributed by atoms with van der Waals surface area (Å²) < 4.78 is 0. The van der Waals surface area contributed by atoms with Crippen LogP contribution in [0.4, 0.5) is 0 Å².